The highest BCUT2D eigenvalue weighted by atomic mass is 14.9. The predicted molar refractivity (Wildman–Crippen MR) is 67.4 cm³/mol. The van der Waals surface area contributed by atoms with E-state index >= 15 is 0 Å². The number of nitriles is 1. The molecule has 2 aromatic rings. The Hall–Kier alpha value is -2.34. The van der Waals surface area contributed by atoms with Gasteiger partial charge in [-0.05, 0) is 37.3 Å². The average Bonchev–Trinajstić information content (AvgIpc) is 2.40. The fraction of sp³-hybridized carbons (Fsp3) is 0.143. The number of rotatable bonds is 3. The van der Waals surface area contributed by atoms with Gasteiger partial charge in [-0.15, -0.1) is 0 Å². The third-order valence-corrected chi connectivity index (χ3v) is 2.51. The summed E-state index contributed by atoms with van der Waals surface area (Å²) in [5.41, 5.74) is 2.57. The van der Waals surface area contributed by atoms with E-state index < -0.39 is 0 Å². The summed E-state index contributed by atoms with van der Waals surface area (Å²) in [7, 11) is 0. The van der Waals surface area contributed by atoms with E-state index in [0.29, 0.717) is 5.56 Å². The quantitative estimate of drug-likeness (QED) is 0.869. The number of nitrogens with one attached hydrogen (secondary N) is 1. The molecule has 0 spiro atoms. The maximum Gasteiger partial charge on any atom is 0.0992 e. The summed E-state index contributed by atoms with van der Waals surface area (Å²) in [4.78, 5) is 4.29. The van der Waals surface area contributed by atoms with Crippen LogP contribution in [0.3, 0.4) is 0 Å². The number of aromatic nitrogens is 1. The molecule has 0 radical (unpaired) electrons. The van der Waals surface area contributed by atoms with Gasteiger partial charge in [-0.1, -0.05) is 12.1 Å². The van der Waals surface area contributed by atoms with Gasteiger partial charge in [0.05, 0.1) is 23.4 Å². The first-order valence-electron chi connectivity index (χ1n) is 5.47. The van der Waals surface area contributed by atoms with Crippen molar-refractivity contribution < 1.29 is 0 Å². The Morgan fingerprint density at radius 1 is 1.24 bits per heavy atom. The van der Waals surface area contributed by atoms with Crippen molar-refractivity contribution in [1.82, 2.24) is 4.98 Å². The molecule has 0 saturated carbocycles. The molecule has 0 aliphatic rings. The summed E-state index contributed by atoms with van der Waals surface area (Å²) in [6.45, 7) is 2.04. The van der Waals surface area contributed by atoms with Crippen LogP contribution in [0.4, 0.5) is 5.69 Å². The Morgan fingerprint density at radius 3 is 2.82 bits per heavy atom. The molecule has 1 N–H and O–H groups in total. The smallest absolute Gasteiger partial charge is 0.0992 e. The second-order valence-electron chi connectivity index (χ2n) is 3.81. The van der Waals surface area contributed by atoms with E-state index in [4.69, 9.17) is 5.26 Å². The van der Waals surface area contributed by atoms with Crippen LogP contribution in [-0.2, 0) is 0 Å². The Bertz CT molecular complexity index is 529. The average molecular weight is 223 g/mol. The van der Waals surface area contributed by atoms with E-state index in [1.54, 1.807) is 12.3 Å². The number of anilines is 1. The van der Waals surface area contributed by atoms with E-state index in [-0.39, 0.29) is 6.04 Å². The monoisotopic (exact) mass is 223 g/mol. The normalized spacial score (nSPS) is 11.5. The Labute approximate surface area is 101 Å². The van der Waals surface area contributed by atoms with Crippen LogP contribution in [0.2, 0.25) is 0 Å². The highest BCUT2D eigenvalue weighted by Crippen LogP contribution is 2.17. The molecule has 1 aromatic heterocycles. The van der Waals surface area contributed by atoms with Gasteiger partial charge in [-0.25, -0.2) is 0 Å². The van der Waals surface area contributed by atoms with Crippen molar-refractivity contribution >= 4 is 5.69 Å². The lowest BCUT2D eigenvalue weighted by molar-refractivity contribution is 0.839. The van der Waals surface area contributed by atoms with Gasteiger partial charge < -0.3 is 5.32 Å². The minimum absolute atomic E-state index is 0.116. The lowest BCUT2D eigenvalue weighted by Gasteiger charge is -2.14. The van der Waals surface area contributed by atoms with Crippen molar-refractivity contribution in [3.05, 3.63) is 59.9 Å². The molecule has 0 saturated heterocycles. The molecule has 1 heterocycles. The topological polar surface area (TPSA) is 48.7 Å². The number of hydrogen-bond acceptors (Lipinski definition) is 3. The van der Waals surface area contributed by atoms with Crippen molar-refractivity contribution in [1.29, 1.82) is 5.26 Å². The van der Waals surface area contributed by atoms with Crippen LogP contribution in [0, 0.1) is 11.3 Å². The molecule has 17 heavy (non-hydrogen) atoms. The highest BCUT2D eigenvalue weighted by Gasteiger charge is 2.05. The van der Waals surface area contributed by atoms with Crippen LogP contribution in [-0.4, -0.2) is 4.98 Å². The number of pyridine rings is 1. The number of nitrogens with zero attached hydrogens (tertiary/aromatic N) is 2. The van der Waals surface area contributed by atoms with Crippen LogP contribution in [0.1, 0.15) is 24.2 Å². The van der Waals surface area contributed by atoms with Gasteiger partial charge in [-0.2, -0.15) is 5.26 Å². The summed E-state index contributed by atoms with van der Waals surface area (Å²) in [6.07, 6.45) is 1.78. The minimum atomic E-state index is 0.116. The van der Waals surface area contributed by atoms with Crippen LogP contribution in [0.5, 0.6) is 0 Å². The van der Waals surface area contributed by atoms with Gasteiger partial charge in [0.2, 0.25) is 0 Å². The van der Waals surface area contributed by atoms with Crippen LogP contribution < -0.4 is 5.32 Å². The molecule has 0 aliphatic heterocycles. The predicted octanol–water partition coefficient (Wildman–Crippen LogP) is 3.13. The van der Waals surface area contributed by atoms with Crippen LogP contribution in [0.25, 0.3) is 0 Å². The Kier molecular flexibility index (Phi) is 3.37. The molecule has 3 heteroatoms. The standard InChI is InChI=1S/C14H13N3/c1-11(14-7-2-3-8-16-14)17-13-6-4-5-12(9-13)10-15/h2-9,11,17H,1H3. The second kappa shape index (κ2) is 5.13. The summed E-state index contributed by atoms with van der Waals surface area (Å²) >= 11 is 0. The Balaban J connectivity index is 2.13. The zero-order chi connectivity index (χ0) is 12.1. The van der Waals surface area contributed by atoms with Crippen LogP contribution >= 0.6 is 0 Å². The minimum Gasteiger partial charge on any atom is -0.377 e. The lowest BCUT2D eigenvalue weighted by atomic mass is 10.1. The van der Waals surface area contributed by atoms with Gasteiger partial charge in [0.1, 0.15) is 0 Å². The number of hydrogen-bond donors (Lipinski definition) is 1. The van der Waals surface area contributed by atoms with E-state index in [1.165, 1.54) is 0 Å². The first kappa shape index (κ1) is 11.2. The van der Waals surface area contributed by atoms with E-state index in [2.05, 4.69) is 16.4 Å². The molecule has 0 aliphatic carbocycles. The van der Waals surface area contributed by atoms with Crippen molar-refractivity contribution in [3.8, 4) is 6.07 Å². The van der Waals surface area contributed by atoms with Crippen molar-refractivity contribution in [2.45, 2.75) is 13.0 Å². The lowest BCUT2D eigenvalue weighted by Crippen LogP contribution is -2.08. The number of benzene rings is 1. The third kappa shape index (κ3) is 2.82. The van der Waals surface area contributed by atoms with Gasteiger partial charge in [-0.3, -0.25) is 4.98 Å². The third-order valence-electron chi connectivity index (χ3n) is 2.51. The molecule has 84 valence electrons. The molecule has 1 atom stereocenters. The molecule has 0 amide bonds. The molecular formula is C14H13N3. The summed E-state index contributed by atoms with van der Waals surface area (Å²) in [5, 5.41) is 12.1. The summed E-state index contributed by atoms with van der Waals surface area (Å²) < 4.78 is 0. The first-order chi connectivity index (χ1) is 8.29. The molecule has 0 bridgehead atoms. The van der Waals surface area contributed by atoms with Gasteiger partial charge in [0.25, 0.3) is 0 Å². The molecule has 0 fully saturated rings. The second-order valence-corrected chi connectivity index (χ2v) is 3.81. The maximum atomic E-state index is 8.82. The van der Waals surface area contributed by atoms with Crippen molar-refractivity contribution in [2.24, 2.45) is 0 Å². The largest absolute Gasteiger partial charge is 0.377 e. The highest BCUT2D eigenvalue weighted by molar-refractivity contribution is 5.50. The van der Waals surface area contributed by atoms with Gasteiger partial charge in [0.15, 0.2) is 0 Å². The van der Waals surface area contributed by atoms with Gasteiger partial charge >= 0.3 is 0 Å². The van der Waals surface area contributed by atoms with Crippen molar-refractivity contribution in [3.63, 3.8) is 0 Å². The first-order valence-corrected chi connectivity index (χ1v) is 5.47. The molecule has 2 rings (SSSR count). The summed E-state index contributed by atoms with van der Waals surface area (Å²) in [5.74, 6) is 0. The fourth-order valence-electron chi connectivity index (χ4n) is 1.63. The Morgan fingerprint density at radius 2 is 2.12 bits per heavy atom. The zero-order valence-electron chi connectivity index (χ0n) is 9.59. The van der Waals surface area contributed by atoms with Crippen LogP contribution in [0.15, 0.2) is 48.7 Å². The van der Waals surface area contributed by atoms with E-state index in [0.717, 1.165) is 11.4 Å². The zero-order valence-corrected chi connectivity index (χ0v) is 9.59. The van der Waals surface area contributed by atoms with Crippen molar-refractivity contribution in [2.75, 3.05) is 5.32 Å². The summed E-state index contributed by atoms with van der Waals surface area (Å²) in [6, 6.07) is 15.5. The molecule has 1 aromatic carbocycles. The van der Waals surface area contributed by atoms with E-state index in [9.17, 15) is 0 Å². The molecule has 1 unspecified atom stereocenters. The SMILES string of the molecule is CC(Nc1cccc(C#N)c1)c1ccccn1. The fourth-order valence-corrected chi connectivity index (χ4v) is 1.63. The molecule has 3 nitrogen and oxygen atoms in total. The van der Waals surface area contributed by atoms with E-state index in [1.807, 2.05) is 43.3 Å². The molecular weight excluding hydrogens is 210 g/mol. The maximum absolute atomic E-state index is 8.82. The van der Waals surface area contributed by atoms with Gasteiger partial charge in [0, 0.05) is 11.9 Å².